The standard InChI is InChI=1S/C19H17NO4S2/c1-23-15-7-3-13(4-8-15)17-18(14-5-9-16(24-2)10-6-14)25-19(20-17)26(22)12-11-21/h3-11H,12H2,1-2H3. The topological polar surface area (TPSA) is 65.5 Å². The number of carbonyl (C=O) groups excluding carboxylic acids is 1. The number of methoxy groups -OCH3 is 2. The maximum Gasteiger partial charge on any atom is 0.182 e. The van der Waals surface area contributed by atoms with Gasteiger partial charge in [-0.05, 0) is 54.1 Å². The van der Waals surface area contributed by atoms with E-state index in [1.807, 2.05) is 48.5 Å². The van der Waals surface area contributed by atoms with E-state index in [1.165, 1.54) is 11.3 Å². The van der Waals surface area contributed by atoms with Gasteiger partial charge in [0.1, 0.15) is 17.8 Å². The van der Waals surface area contributed by atoms with E-state index in [4.69, 9.17) is 9.47 Å². The molecule has 134 valence electrons. The Hall–Kier alpha value is -2.51. The molecule has 0 aliphatic heterocycles. The van der Waals surface area contributed by atoms with E-state index in [0.29, 0.717) is 10.6 Å². The summed E-state index contributed by atoms with van der Waals surface area (Å²) in [7, 11) is 1.79. The lowest BCUT2D eigenvalue weighted by Gasteiger charge is -2.05. The van der Waals surface area contributed by atoms with Crippen molar-refractivity contribution in [3.63, 3.8) is 0 Å². The molecule has 0 N–H and O–H groups in total. The zero-order valence-electron chi connectivity index (χ0n) is 14.3. The van der Waals surface area contributed by atoms with Gasteiger partial charge >= 0.3 is 0 Å². The van der Waals surface area contributed by atoms with Crippen molar-refractivity contribution in [2.45, 2.75) is 4.34 Å². The normalized spacial score (nSPS) is 11.8. The number of carbonyl (C=O) groups is 1. The van der Waals surface area contributed by atoms with Gasteiger partial charge < -0.3 is 14.3 Å². The smallest absolute Gasteiger partial charge is 0.182 e. The van der Waals surface area contributed by atoms with Crippen molar-refractivity contribution >= 4 is 28.4 Å². The summed E-state index contributed by atoms with van der Waals surface area (Å²) < 4.78 is 23.1. The monoisotopic (exact) mass is 387 g/mol. The van der Waals surface area contributed by atoms with E-state index < -0.39 is 10.8 Å². The quantitative estimate of drug-likeness (QED) is 0.577. The number of aldehydes is 1. The fraction of sp³-hybridized carbons (Fsp3) is 0.158. The lowest BCUT2D eigenvalue weighted by atomic mass is 10.1. The van der Waals surface area contributed by atoms with Gasteiger partial charge in [0.2, 0.25) is 0 Å². The molecule has 1 unspecified atom stereocenters. The van der Waals surface area contributed by atoms with Crippen LogP contribution in [0.15, 0.2) is 52.9 Å². The Bertz CT molecular complexity index is 853. The molecule has 0 radical (unpaired) electrons. The van der Waals surface area contributed by atoms with Crippen LogP contribution in [-0.2, 0) is 15.6 Å². The van der Waals surface area contributed by atoms with Crippen molar-refractivity contribution in [1.29, 1.82) is 0 Å². The van der Waals surface area contributed by atoms with Crippen LogP contribution in [0.1, 0.15) is 0 Å². The van der Waals surface area contributed by atoms with Crippen LogP contribution < -0.4 is 9.47 Å². The maximum atomic E-state index is 12.3. The summed E-state index contributed by atoms with van der Waals surface area (Å²) in [6.45, 7) is 0. The van der Waals surface area contributed by atoms with Gasteiger partial charge in [-0.2, -0.15) is 0 Å². The average molecular weight is 387 g/mol. The second-order valence-corrected chi connectivity index (χ2v) is 7.96. The Kier molecular flexibility index (Phi) is 5.80. The Balaban J connectivity index is 2.09. The molecule has 1 aromatic heterocycles. The Morgan fingerprint density at radius 1 is 0.962 bits per heavy atom. The third kappa shape index (κ3) is 3.84. The largest absolute Gasteiger partial charge is 0.497 e. The van der Waals surface area contributed by atoms with E-state index in [-0.39, 0.29) is 5.75 Å². The molecular weight excluding hydrogens is 370 g/mol. The van der Waals surface area contributed by atoms with Crippen LogP contribution in [0.2, 0.25) is 0 Å². The van der Waals surface area contributed by atoms with Crippen LogP contribution in [0, 0.1) is 0 Å². The van der Waals surface area contributed by atoms with E-state index in [0.717, 1.165) is 33.2 Å². The van der Waals surface area contributed by atoms with Crippen LogP contribution in [0.25, 0.3) is 21.7 Å². The van der Waals surface area contributed by atoms with Crippen molar-refractivity contribution < 1.29 is 18.5 Å². The van der Waals surface area contributed by atoms with Gasteiger partial charge in [0, 0.05) is 5.56 Å². The van der Waals surface area contributed by atoms with Gasteiger partial charge in [0.15, 0.2) is 4.34 Å². The Labute approximate surface area is 158 Å². The van der Waals surface area contributed by atoms with Crippen molar-refractivity contribution in [2.24, 2.45) is 0 Å². The summed E-state index contributed by atoms with van der Waals surface area (Å²) in [5, 5.41) is 0. The fourth-order valence-electron chi connectivity index (χ4n) is 2.41. The molecule has 3 aromatic rings. The third-order valence-corrected chi connectivity index (χ3v) is 6.36. The third-order valence-electron chi connectivity index (χ3n) is 3.74. The summed E-state index contributed by atoms with van der Waals surface area (Å²) in [6, 6.07) is 15.1. The highest BCUT2D eigenvalue weighted by Crippen LogP contribution is 2.39. The average Bonchev–Trinajstić information content (AvgIpc) is 3.14. The van der Waals surface area contributed by atoms with E-state index in [2.05, 4.69) is 4.98 Å². The fourth-order valence-corrected chi connectivity index (χ4v) is 4.52. The van der Waals surface area contributed by atoms with Gasteiger partial charge in [-0.15, -0.1) is 11.3 Å². The zero-order valence-corrected chi connectivity index (χ0v) is 15.9. The van der Waals surface area contributed by atoms with Gasteiger partial charge in [-0.3, -0.25) is 4.21 Å². The van der Waals surface area contributed by atoms with Crippen LogP contribution in [-0.4, -0.2) is 35.5 Å². The van der Waals surface area contributed by atoms with Crippen LogP contribution >= 0.6 is 11.3 Å². The number of aromatic nitrogens is 1. The van der Waals surface area contributed by atoms with E-state index in [1.54, 1.807) is 14.2 Å². The van der Waals surface area contributed by atoms with Gasteiger partial charge in [-0.1, -0.05) is 0 Å². The zero-order chi connectivity index (χ0) is 18.5. The minimum Gasteiger partial charge on any atom is -0.497 e. The highest BCUT2D eigenvalue weighted by atomic mass is 32.2. The van der Waals surface area contributed by atoms with Crippen LogP contribution in [0.5, 0.6) is 11.5 Å². The Morgan fingerprint density at radius 2 is 1.50 bits per heavy atom. The molecule has 3 rings (SSSR count). The molecule has 7 heteroatoms. The molecule has 0 bridgehead atoms. The van der Waals surface area contributed by atoms with Gasteiger partial charge in [0.25, 0.3) is 0 Å². The first kappa shape index (κ1) is 18.3. The molecule has 0 fully saturated rings. The lowest BCUT2D eigenvalue weighted by Crippen LogP contribution is -1.98. The predicted octanol–water partition coefficient (Wildman–Crippen LogP) is 3.80. The van der Waals surface area contributed by atoms with E-state index in [9.17, 15) is 9.00 Å². The molecule has 0 spiro atoms. The number of rotatable bonds is 7. The number of nitrogens with zero attached hydrogens (tertiary/aromatic N) is 1. The Morgan fingerprint density at radius 3 is 2.00 bits per heavy atom. The van der Waals surface area contributed by atoms with E-state index >= 15 is 0 Å². The molecule has 0 aliphatic rings. The summed E-state index contributed by atoms with van der Waals surface area (Å²) >= 11 is 1.34. The van der Waals surface area contributed by atoms with Crippen molar-refractivity contribution in [2.75, 3.05) is 20.0 Å². The molecule has 1 atom stereocenters. The molecular formula is C19H17NO4S2. The molecule has 0 saturated heterocycles. The van der Waals surface area contributed by atoms with Crippen LogP contribution in [0.3, 0.4) is 0 Å². The molecule has 26 heavy (non-hydrogen) atoms. The number of hydrogen-bond acceptors (Lipinski definition) is 6. The van der Waals surface area contributed by atoms with Gasteiger partial charge in [-0.25, -0.2) is 4.98 Å². The van der Waals surface area contributed by atoms with Gasteiger partial charge in [0.05, 0.1) is 41.3 Å². The summed E-state index contributed by atoms with van der Waals surface area (Å²) in [5.74, 6) is 1.45. The predicted molar refractivity (Wildman–Crippen MR) is 103 cm³/mol. The SMILES string of the molecule is COc1ccc(-c2nc(S(=O)CC=O)sc2-c2ccc(OC)cc2)cc1. The first-order valence-corrected chi connectivity index (χ1v) is 9.91. The summed E-state index contributed by atoms with van der Waals surface area (Å²) in [5.41, 5.74) is 2.57. The lowest BCUT2D eigenvalue weighted by molar-refractivity contribution is -0.105. The second kappa shape index (κ2) is 8.25. The molecule has 1 heterocycles. The molecule has 2 aromatic carbocycles. The minimum atomic E-state index is -1.44. The second-order valence-electron chi connectivity index (χ2n) is 5.29. The van der Waals surface area contributed by atoms with Crippen molar-refractivity contribution in [1.82, 2.24) is 4.98 Å². The number of hydrogen-bond donors (Lipinski definition) is 0. The first-order chi connectivity index (χ1) is 12.7. The molecule has 5 nitrogen and oxygen atoms in total. The number of benzene rings is 2. The minimum absolute atomic E-state index is 0.0579. The summed E-state index contributed by atoms with van der Waals surface area (Å²) in [6.07, 6.45) is 0.650. The van der Waals surface area contributed by atoms with Crippen molar-refractivity contribution in [3.05, 3.63) is 48.5 Å². The maximum absolute atomic E-state index is 12.3. The van der Waals surface area contributed by atoms with Crippen LogP contribution in [0.4, 0.5) is 0 Å². The highest BCUT2D eigenvalue weighted by Gasteiger charge is 2.18. The van der Waals surface area contributed by atoms with Crippen molar-refractivity contribution in [3.8, 4) is 33.2 Å². The highest BCUT2D eigenvalue weighted by molar-refractivity contribution is 7.87. The molecule has 0 saturated carbocycles. The number of thiazole rings is 1. The summed E-state index contributed by atoms with van der Waals surface area (Å²) in [4.78, 5) is 16.2. The molecule has 0 amide bonds. The number of ether oxygens (including phenoxy) is 2. The first-order valence-electron chi connectivity index (χ1n) is 7.78. The molecule has 0 aliphatic carbocycles.